The Morgan fingerprint density at radius 2 is 1.60 bits per heavy atom. The van der Waals surface area contributed by atoms with Crippen LogP contribution in [0.5, 0.6) is 23.0 Å². The molecule has 11 heteroatoms. The number of anilines is 1. The molecule has 0 aromatic heterocycles. The molecule has 1 aliphatic heterocycles. The molecule has 0 radical (unpaired) electrons. The first kappa shape index (κ1) is 31.6. The van der Waals surface area contributed by atoms with Crippen LogP contribution in [0, 0.1) is 11.3 Å². The molecule has 216 valence electrons. The molecule has 11 nitrogen and oxygen atoms in total. The van der Waals surface area contributed by atoms with Gasteiger partial charge in [-0.05, 0) is 75.1 Å². The maximum Gasteiger partial charge on any atom is 0.410 e. The molecule has 1 aliphatic rings. The summed E-state index contributed by atoms with van der Waals surface area (Å²) in [4.78, 5) is 24.1. The van der Waals surface area contributed by atoms with Crippen molar-refractivity contribution >= 4 is 29.3 Å². The number of ether oxygens (including phenoxy) is 5. The highest BCUT2D eigenvalue weighted by molar-refractivity contribution is 5.91. The van der Waals surface area contributed by atoms with Crippen LogP contribution in [0.2, 0.25) is 0 Å². The van der Waals surface area contributed by atoms with Crippen LogP contribution in [0.15, 0.2) is 30.3 Å². The summed E-state index contributed by atoms with van der Waals surface area (Å²) in [5, 5.41) is 9.58. The summed E-state index contributed by atoms with van der Waals surface area (Å²) < 4.78 is 26.3. The van der Waals surface area contributed by atoms with Gasteiger partial charge in [0.25, 0.3) is 0 Å². The third-order valence-corrected chi connectivity index (χ3v) is 5.87. The highest BCUT2D eigenvalue weighted by Crippen LogP contribution is 2.40. The molecule has 1 saturated heterocycles. The van der Waals surface area contributed by atoms with E-state index in [-0.39, 0.29) is 0 Å². The van der Waals surface area contributed by atoms with Gasteiger partial charge in [0.1, 0.15) is 17.4 Å². The lowest BCUT2D eigenvalue weighted by Crippen LogP contribution is -2.45. The number of methoxy groups -OCH3 is 4. The number of rotatable bonds is 7. The molecular formula is C29H38N4O7. The molecule has 1 heterocycles. The van der Waals surface area contributed by atoms with E-state index in [0.717, 1.165) is 12.0 Å². The molecule has 0 unspecified atom stereocenters. The van der Waals surface area contributed by atoms with Gasteiger partial charge < -0.3 is 35.2 Å². The van der Waals surface area contributed by atoms with Gasteiger partial charge in [-0.1, -0.05) is 6.07 Å². The number of hydrogen-bond acceptors (Lipinski definition) is 9. The average Bonchev–Trinajstić information content (AvgIpc) is 3.41. The van der Waals surface area contributed by atoms with Crippen LogP contribution >= 0.6 is 0 Å². The van der Waals surface area contributed by atoms with Gasteiger partial charge in [-0.3, -0.25) is 9.69 Å². The van der Waals surface area contributed by atoms with E-state index in [2.05, 4.69) is 6.07 Å². The molecule has 2 aromatic carbocycles. The lowest BCUT2D eigenvalue weighted by atomic mass is 10.0. The van der Waals surface area contributed by atoms with Gasteiger partial charge in [-0.2, -0.15) is 5.26 Å². The van der Waals surface area contributed by atoms with E-state index in [4.69, 9.17) is 35.2 Å². The second-order valence-corrected chi connectivity index (χ2v) is 9.82. The van der Waals surface area contributed by atoms with E-state index in [9.17, 15) is 14.9 Å². The van der Waals surface area contributed by atoms with Crippen molar-refractivity contribution in [2.45, 2.75) is 45.3 Å². The minimum absolute atomic E-state index is 0.434. The zero-order chi connectivity index (χ0) is 30.0. The summed E-state index contributed by atoms with van der Waals surface area (Å²) in [6.45, 7) is 5.92. The summed E-state index contributed by atoms with van der Waals surface area (Å²) in [6.07, 6.45) is 2.71. The number of amides is 2. The molecule has 0 saturated carbocycles. The van der Waals surface area contributed by atoms with E-state index in [1.807, 2.05) is 6.07 Å². The molecule has 0 bridgehead atoms. The van der Waals surface area contributed by atoms with Crippen molar-refractivity contribution < 1.29 is 33.3 Å². The number of allylic oxidation sites excluding steroid dienone is 1. The highest BCUT2D eigenvalue weighted by atomic mass is 16.6. The van der Waals surface area contributed by atoms with Crippen LogP contribution < -0.4 is 30.4 Å². The predicted molar refractivity (Wildman–Crippen MR) is 152 cm³/mol. The van der Waals surface area contributed by atoms with E-state index in [1.54, 1.807) is 58.2 Å². The molecule has 0 aliphatic carbocycles. The first-order chi connectivity index (χ1) is 18.9. The van der Waals surface area contributed by atoms with Crippen molar-refractivity contribution in [1.82, 2.24) is 4.90 Å². The van der Waals surface area contributed by atoms with Crippen LogP contribution in [0.1, 0.15) is 44.7 Å². The van der Waals surface area contributed by atoms with E-state index in [1.165, 1.54) is 26.2 Å². The lowest BCUT2D eigenvalue weighted by Gasteiger charge is -2.27. The molecule has 1 atom stereocenters. The quantitative estimate of drug-likeness (QED) is 0.290. The van der Waals surface area contributed by atoms with Crippen molar-refractivity contribution in [3.8, 4) is 29.1 Å². The number of carbonyl (C=O) groups excluding carboxylic acids is 2. The fraction of sp³-hybridized carbons (Fsp3) is 0.414. The fourth-order valence-corrected chi connectivity index (χ4v) is 4.03. The number of hydrogen-bond donors (Lipinski definition) is 2. The first-order valence-electron chi connectivity index (χ1n) is 12.5. The van der Waals surface area contributed by atoms with Crippen LogP contribution in [-0.4, -0.2) is 63.5 Å². The third-order valence-electron chi connectivity index (χ3n) is 5.87. The smallest absolute Gasteiger partial charge is 0.410 e. The molecule has 1 fully saturated rings. The van der Waals surface area contributed by atoms with Gasteiger partial charge in [0.15, 0.2) is 11.5 Å². The maximum atomic E-state index is 11.7. The lowest BCUT2D eigenvalue weighted by molar-refractivity contribution is -0.122. The number of nitrogen functional groups attached to an aromatic ring is 1. The second kappa shape index (κ2) is 14.0. The first-order valence-corrected chi connectivity index (χ1v) is 12.5. The van der Waals surface area contributed by atoms with E-state index in [0.29, 0.717) is 52.8 Å². The Bertz CT molecular complexity index is 1250. The Labute approximate surface area is 235 Å². The largest absolute Gasteiger partial charge is 0.495 e. The summed E-state index contributed by atoms with van der Waals surface area (Å²) in [6, 6.07) is 10.5. The number of carbonyl (C=O) groups is 2. The zero-order valence-corrected chi connectivity index (χ0v) is 24.1. The van der Waals surface area contributed by atoms with Crippen molar-refractivity contribution in [1.29, 1.82) is 5.26 Å². The Balaban J connectivity index is 0.000000319. The Morgan fingerprint density at radius 1 is 1.00 bits per heavy atom. The topological polar surface area (TPSA) is 159 Å². The van der Waals surface area contributed by atoms with Crippen molar-refractivity contribution in [2.75, 3.05) is 40.7 Å². The van der Waals surface area contributed by atoms with Crippen LogP contribution in [0.25, 0.3) is 11.6 Å². The summed E-state index contributed by atoms with van der Waals surface area (Å²) in [5.74, 6) is 1.56. The van der Waals surface area contributed by atoms with Crippen LogP contribution in [0.3, 0.4) is 0 Å². The molecule has 3 rings (SSSR count). The summed E-state index contributed by atoms with van der Waals surface area (Å²) in [5.41, 5.74) is 12.9. The SMILES string of the molecule is CC(C)(C)OC(=O)N1CCC[C@H]1C(N)=O.COc1ccc(/C=C(/C#N)c2cc(OC)c(OC)c(OC)c2)cc1N. The van der Waals surface area contributed by atoms with Crippen molar-refractivity contribution in [2.24, 2.45) is 5.73 Å². The molecular weight excluding hydrogens is 516 g/mol. The summed E-state index contributed by atoms with van der Waals surface area (Å²) in [7, 11) is 6.14. The third kappa shape index (κ3) is 8.20. The Morgan fingerprint density at radius 3 is 2.05 bits per heavy atom. The number of primary amides is 1. The molecule has 2 amide bonds. The van der Waals surface area contributed by atoms with Gasteiger partial charge in [-0.25, -0.2) is 4.79 Å². The van der Waals surface area contributed by atoms with Crippen LogP contribution in [-0.2, 0) is 9.53 Å². The second-order valence-electron chi connectivity index (χ2n) is 9.82. The Hall–Kier alpha value is -4.59. The molecule has 4 N–H and O–H groups in total. The van der Waals surface area contributed by atoms with Gasteiger partial charge >= 0.3 is 6.09 Å². The van der Waals surface area contributed by atoms with E-state index < -0.39 is 23.6 Å². The molecule has 40 heavy (non-hydrogen) atoms. The number of nitrogens with two attached hydrogens (primary N) is 2. The number of nitriles is 1. The number of benzene rings is 2. The number of likely N-dealkylation sites (tertiary alicyclic amines) is 1. The number of nitrogens with zero attached hydrogens (tertiary/aromatic N) is 2. The van der Waals surface area contributed by atoms with Crippen molar-refractivity contribution in [3.63, 3.8) is 0 Å². The van der Waals surface area contributed by atoms with Gasteiger partial charge in [0.05, 0.1) is 45.8 Å². The molecule has 0 spiro atoms. The standard InChI is InChI=1S/C19H20N2O4.C10H18N2O3/c1-22-16-6-5-12(8-15(16)21)7-14(11-20)13-9-17(23-2)19(25-4)18(10-13)24-3;1-10(2,3)15-9(14)12-6-4-5-7(12)8(11)13/h5-10H,21H2,1-4H3;7H,4-6H2,1-3H3,(H2,11,13)/b14-7-;/t;7-/m.0/s1. The zero-order valence-electron chi connectivity index (χ0n) is 24.1. The maximum absolute atomic E-state index is 11.7. The fourth-order valence-electron chi connectivity index (χ4n) is 4.03. The molecule has 2 aromatic rings. The average molecular weight is 555 g/mol. The van der Waals surface area contributed by atoms with Gasteiger partial charge in [0, 0.05) is 6.54 Å². The van der Waals surface area contributed by atoms with E-state index >= 15 is 0 Å². The minimum atomic E-state index is -0.540. The highest BCUT2D eigenvalue weighted by Gasteiger charge is 2.35. The van der Waals surface area contributed by atoms with Crippen LogP contribution in [0.4, 0.5) is 10.5 Å². The predicted octanol–water partition coefficient (Wildman–Crippen LogP) is 4.24. The monoisotopic (exact) mass is 554 g/mol. The normalized spacial score (nSPS) is 14.8. The minimum Gasteiger partial charge on any atom is -0.495 e. The van der Waals surface area contributed by atoms with Gasteiger partial charge in [0.2, 0.25) is 11.7 Å². The summed E-state index contributed by atoms with van der Waals surface area (Å²) >= 11 is 0. The van der Waals surface area contributed by atoms with Gasteiger partial charge in [-0.15, -0.1) is 0 Å². The van der Waals surface area contributed by atoms with Crippen molar-refractivity contribution in [3.05, 3.63) is 41.5 Å². The Kier molecular flexibility index (Phi) is 11.1.